The zero-order chi connectivity index (χ0) is 11.2. The topological polar surface area (TPSA) is 32.3 Å². The number of ketones is 1. The van der Waals surface area contributed by atoms with E-state index in [0.717, 1.165) is 38.2 Å². The van der Waals surface area contributed by atoms with Crippen LogP contribution in [0.25, 0.3) is 0 Å². The number of nitrogens with zero attached hydrogens (tertiary/aromatic N) is 1. The van der Waals surface area contributed by atoms with Crippen molar-refractivity contribution < 1.29 is 4.79 Å². The largest absolute Gasteiger partial charge is 0.315 e. The first-order valence-electron chi connectivity index (χ1n) is 5.87. The van der Waals surface area contributed by atoms with Gasteiger partial charge in [0.25, 0.3) is 0 Å². The van der Waals surface area contributed by atoms with Gasteiger partial charge in [-0.1, -0.05) is 30.3 Å². The lowest BCUT2D eigenvalue weighted by atomic mass is 10.1. The Morgan fingerprint density at radius 1 is 1.19 bits per heavy atom. The van der Waals surface area contributed by atoms with E-state index in [0.29, 0.717) is 6.54 Å². The molecule has 3 nitrogen and oxygen atoms in total. The summed E-state index contributed by atoms with van der Waals surface area (Å²) in [6, 6.07) is 9.54. The smallest absolute Gasteiger partial charge is 0.176 e. The zero-order valence-electron chi connectivity index (χ0n) is 9.48. The predicted octanol–water partition coefficient (Wildman–Crippen LogP) is 1.16. The lowest BCUT2D eigenvalue weighted by Gasteiger charge is -2.18. The van der Waals surface area contributed by atoms with Gasteiger partial charge in [0.05, 0.1) is 6.54 Å². The van der Waals surface area contributed by atoms with Crippen molar-refractivity contribution in [3.05, 3.63) is 35.9 Å². The van der Waals surface area contributed by atoms with Crippen LogP contribution in [0, 0.1) is 0 Å². The highest BCUT2D eigenvalue weighted by molar-refractivity contribution is 5.97. The molecule has 1 N–H and O–H groups in total. The molecule has 0 amide bonds. The van der Waals surface area contributed by atoms with Crippen molar-refractivity contribution in [3.8, 4) is 0 Å². The summed E-state index contributed by atoms with van der Waals surface area (Å²) in [5.41, 5.74) is 0.819. The van der Waals surface area contributed by atoms with E-state index in [1.165, 1.54) is 0 Å². The van der Waals surface area contributed by atoms with Crippen LogP contribution < -0.4 is 5.32 Å². The number of hydrogen-bond acceptors (Lipinski definition) is 3. The molecule has 1 aromatic carbocycles. The fourth-order valence-corrected chi connectivity index (χ4v) is 1.98. The van der Waals surface area contributed by atoms with Gasteiger partial charge in [-0.05, 0) is 19.5 Å². The lowest BCUT2D eigenvalue weighted by Crippen LogP contribution is -2.33. The first-order valence-corrected chi connectivity index (χ1v) is 5.87. The molecule has 0 unspecified atom stereocenters. The SMILES string of the molecule is O=C(CN1CCCNCC1)c1ccccc1. The molecule has 0 radical (unpaired) electrons. The van der Waals surface area contributed by atoms with E-state index in [2.05, 4.69) is 10.2 Å². The predicted molar refractivity (Wildman–Crippen MR) is 64.7 cm³/mol. The number of benzene rings is 1. The minimum atomic E-state index is 0.225. The van der Waals surface area contributed by atoms with Crippen molar-refractivity contribution >= 4 is 5.78 Å². The fraction of sp³-hybridized carbons (Fsp3) is 0.462. The van der Waals surface area contributed by atoms with Gasteiger partial charge in [0.2, 0.25) is 0 Å². The number of hydrogen-bond donors (Lipinski definition) is 1. The average Bonchev–Trinajstić information content (AvgIpc) is 2.59. The Bertz CT molecular complexity index is 329. The third-order valence-corrected chi connectivity index (χ3v) is 2.90. The van der Waals surface area contributed by atoms with Crippen LogP contribution in [0.2, 0.25) is 0 Å². The van der Waals surface area contributed by atoms with Crippen molar-refractivity contribution in [3.63, 3.8) is 0 Å². The Labute approximate surface area is 96.5 Å². The van der Waals surface area contributed by atoms with Gasteiger partial charge in [0.15, 0.2) is 5.78 Å². The standard InChI is InChI=1S/C13H18N2O/c16-13(12-5-2-1-3-6-12)11-15-9-4-7-14-8-10-15/h1-3,5-6,14H,4,7-11H2. The molecule has 0 bridgehead atoms. The van der Waals surface area contributed by atoms with Gasteiger partial charge in [0.1, 0.15) is 0 Å². The number of rotatable bonds is 3. The van der Waals surface area contributed by atoms with Crippen LogP contribution in [-0.2, 0) is 0 Å². The van der Waals surface area contributed by atoms with Gasteiger partial charge in [-0.25, -0.2) is 0 Å². The highest BCUT2D eigenvalue weighted by Gasteiger charge is 2.13. The van der Waals surface area contributed by atoms with E-state index in [4.69, 9.17) is 0 Å². The molecule has 1 aliphatic heterocycles. The zero-order valence-corrected chi connectivity index (χ0v) is 9.48. The molecule has 0 aliphatic carbocycles. The molecule has 1 saturated heterocycles. The third kappa shape index (κ3) is 3.15. The Hall–Kier alpha value is -1.19. The molecule has 1 fully saturated rings. The summed E-state index contributed by atoms with van der Waals surface area (Å²) < 4.78 is 0. The molecular formula is C13H18N2O. The van der Waals surface area contributed by atoms with E-state index < -0.39 is 0 Å². The number of carbonyl (C=O) groups excluding carboxylic acids is 1. The Morgan fingerprint density at radius 3 is 2.81 bits per heavy atom. The van der Waals surface area contributed by atoms with Crippen molar-refractivity contribution in [2.75, 3.05) is 32.7 Å². The average molecular weight is 218 g/mol. The second kappa shape index (κ2) is 5.77. The molecule has 1 heterocycles. The molecule has 0 saturated carbocycles. The maximum atomic E-state index is 12.0. The van der Waals surface area contributed by atoms with Crippen LogP contribution in [0.3, 0.4) is 0 Å². The molecule has 3 heteroatoms. The molecule has 16 heavy (non-hydrogen) atoms. The van der Waals surface area contributed by atoms with Crippen LogP contribution in [0.15, 0.2) is 30.3 Å². The second-order valence-electron chi connectivity index (χ2n) is 4.17. The van der Waals surface area contributed by atoms with Gasteiger partial charge >= 0.3 is 0 Å². The van der Waals surface area contributed by atoms with Gasteiger partial charge < -0.3 is 5.32 Å². The van der Waals surface area contributed by atoms with Crippen LogP contribution in [0.5, 0.6) is 0 Å². The van der Waals surface area contributed by atoms with E-state index >= 15 is 0 Å². The molecule has 0 atom stereocenters. The van der Waals surface area contributed by atoms with E-state index in [1.807, 2.05) is 30.3 Å². The van der Waals surface area contributed by atoms with Crippen molar-refractivity contribution in [2.24, 2.45) is 0 Å². The van der Waals surface area contributed by atoms with Gasteiger partial charge in [-0.15, -0.1) is 0 Å². The van der Waals surface area contributed by atoms with Crippen molar-refractivity contribution in [1.82, 2.24) is 10.2 Å². The Balaban J connectivity index is 1.91. The van der Waals surface area contributed by atoms with Gasteiger partial charge in [-0.3, -0.25) is 9.69 Å². The van der Waals surface area contributed by atoms with Crippen LogP contribution in [0.1, 0.15) is 16.8 Å². The number of carbonyl (C=O) groups is 1. The molecule has 86 valence electrons. The maximum Gasteiger partial charge on any atom is 0.176 e. The second-order valence-corrected chi connectivity index (χ2v) is 4.17. The summed E-state index contributed by atoms with van der Waals surface area (Å²) in [6.45, 7) is 4.59. The fourth-order valence-electron chi connectivity index (χ4n) is 1.98. The van der Waals surface area contributed by atoms with Gasteiger partial charge in [-0.2, -0.15) is 0 Å². The molecular weight excluding hydrogens is 200 g/mol. The highest BCUT2D eigenvalue weighted by Crippen LogP contribution is 2.03. The monoisotopic (exact) mass is 218 g/mol. The summed E-state index contributed by atoms with van der Waals surface area (Å²) in [5, 5.41) is 3.34. The van der Waals surface area contributed by atoms with E-state index in [1.54, 1.807) is 0 Å². The van der Waals surface area contributed by atoms with E-state index in [-0.39, 0.29) is 5.78 Å². The lowest BCUT2D eigenvalue weighted by molar-refractivity contribution is 0.0935. The highest BCUT2D eigenvalue weighted by atomic mass is 16.1. The number of Topliss-reactive ketones (excluding diaryl/α,β-unsaturated/α-hetero) is 1. The molecule has 1 aromatic rings. The third-order valence-electron chi connectivity index (χ3n) is 2.90. The summed E-state index contributed by atoms with van der Waals surface area (Å²) >= 11 is 0. The summed E-state index contributed by atoms with van der Waals surface area (Å²) in [4.78, 5) is 14.2. The van der Waals surface area contributed by atoms with Crippen molar-refractivity contribution in [2.45, 2.75) is 6.42 Å². The Morgan fingerprint density at radius 2 is 2.00 bits per heavy atom. The molecule has 0 aromatic heterocycles. The minimum Gasteiger partial charge on any atom is -0.315 e. The summed E-state index contributed by atoms with van der Waals surface area (Å²) in [6.07, 6.45) is 1.13. The maximum absolute atomic E-state index is 12.0. The summed E-state index contributed by atoms with van der Waals surface area (Å²) in [7, 11) is 0. The molecule has 0 spiro atoms. The molecule has 2 rings (SSSR count). The minimum absolute atomic E-state index is 0.225. The first kappa shape index (κ1) is 11.3. The molecule has 1 aliphatic rings. The summed E-state index contributed by atoms with van der Waals surface area (Å²) in [5.74, 6) is 0.225. The van der Waals surface area contributed by atoms with Crippen molar-refractivity contribution in [1.29, 1.82) is 0 Å². The normalized spacial score (nSPS) is 18.0. The van der Waals surface area contributed by atoms with Crippen LogP contribution in [-0.4, -0.2) is 43.4 Å². The van der Waals surface area contributed by atoms with Crippen LogP contribution in [0.4, 0.5) is 0 Å². The Kier molecular flexibility index (Phi) is 4.08. The number of nitrogens with one attached hydrogen (secondary N) is 1. The van der Waals surface area contributed by atoms with Gasteiger partial charge in [0, 0.05) is 18.7 Å². The quantitative estimate of drug-likeness (QED) is 0.773. The first-order chi connectivity index (χ1) is 7.86. The van der Waals surface area contributed by atoms with E-state index in [9.17, 15) is 4.79 Å². The van der Waals surface area contributed by atoms with Crippen LogP contribution >= 0.6 is 0 Å².